The van der Waals surface area contributed by atoms with Crippen LogP contribution in [0.4, 0.5) is 0 Å². The molecular formula is C11H15NO3. The number of hydrogen-bond acceptors (Lipinski definition) is 3. The molecule has 82 valence electrons. The maximum atomic E-state index is 11.1. The van der Waals surface area contributed by atoms with E-state index >= 15 is 0 Å². The van der Waals surface area contributed by atoms with E-state index in [1.54, 1.807) is 13.0 Å². The zero-order chi connectivity index (χ0) is 11.1. The Balaban J connectivity index is 2.33. The van der Waals surface area contributed by atoms with Crippen molar-refractivity contribution >= 4 is 5.91 Å². The Bertz CT molecular complexity index is 325. The number of amides is 1. The van der Waals surface area contributed by atoms with E-state index in [1.165, 1.54) is 0 Å². The number of carbonyl (C=O) groups excluding carboxylic acids is 1. The third-order valence-electron chi connectivity index (χ3n) is 1.69. The van der Waals surface area contributed by atoms with E-state index in [0.29, 0.717) is 12.4 Å². The Hall–Kier alpha value is -1.55. The molecule has 0 radical (unpaired) electrons. The first-order chi connectivity index (χ1) is 7.22. The molecule has 0 saturated carbocycles. The van der Waals surface area contributed by atoms with Crippen molar-refractivity contribution < 1.29 is 14.4 Å². The van der Waals surface area contributed by atoms with Crippen LogP contribution >= 0.6 is 0 Å². The summed E-state index contributed by atoms with van der Waals surface area (Å²) < 4.78 is 5.25. The smallest absolute Gasteiger partial charge is 0.281 e. The van der Waals surface area contributed by atoms with Gasteiger partial charge in [-0.15, -0.1) is 0 Å². The normalized spacial score (nSPS) is 9.73. The summed E-state index contributed by atoms with van der Waals surface area (Å²) in [5.41, 5.74) is 3.35. The highest BCUT2D eigenvalue weighted by atomic mass is 16.7. The average Bonchev–Trinajstić information content (AvgIpc) is 2.23. The molecule has 0 saturated heterocycles. The second-order valence-electron chi connectivity index (χ2n) is 3.06. The monoisotopic (exact) mass is 209 g/mol. The highest BCUT2D eigenvalue weighted by Crippen LogP contribution is 2.11. The van der Waals surface area contributed by atoms with Crippen molar-refractivity contribution in [3.05, 3.63) is 29.8 Å². The lowest BCUT2D eigenvalue weighted by atomic mass is 10.2. The molecule has 0 heterocycles. The van der Waals surface area contributed by atoms with Crippen LogP contribution in [0.3, 0.4) is 0 Å². The molecule has 0 unspecified atom stereocenters. The van der Waals surface area contributed by atoms with Crippen molar-refractivity contribution in [2.75, 3.05) is 13.2 Å². The Morgan fingerprint density at radius 1 is 1.47 bits per heavy atom. The van der Waals surface area contributed by atoms with E-state index in [9.17, 15) is 4.79 Å². The molecule has 0 aromatic heterocycles. The van der Waals surface area contributed by atoms with Gasteiger partial charge in [0, 0.05) is 0 Å². The van der Waals surface area contributed by atoms with Gasteiger partial charge in [0.2, 0.25) is 0 Å². The molecule has 1 N–H and O–H groups in total. The van der Waals surface area contributed by atoms with E-state index in [2.05, 4.69) is 5.48 Å². The molecule has 0 bridgehead atoms. The van der Waals surface area contributed by atoms with Crippen molar-refractivity contribution in [2.24, 2.45) is 0 Å². The molecular weight excluding hydrogens is 194 g/mol. The molecule has 4 heteroatoms. The summed E-state index contributed by atoms with van der Waals surface area (Å²) in [6, 6.07) is 7.52. The molecule has 0 aliphatic heterocycles. The SMILES string of the molecule is CCONC(=O)COc1cccc(C)c1. The number of hydroxylamine groups is 1. The number of nitrogens with one attached hydrogen (secondary N) is 1. The molecule has 1 aromatic carbocycles. The highest BCUT2D eigenvalue weighted by molar-refractivity contribution is 5.76. The second-order valence-corrected chi connectivity index (χ2v) is 3.06. The van der Waals surface area contributed by atoms with E-state index in [1.807, 2.05) is 25.1 Å². The van der Waals surface area contributed by atoms with Gasteiger partial charge < -0.3 is 4.74 Å². The summed E-state index contributed by atoms with van der Waals surface area (Å²) in [5.74, 6) is 0.389. The van der Waals surface area contributed by atoms with Crippen LogP contribution in [0, 0.1) is 6.92 Å². The molecule has 0 aliphatic rings. The lowest BCUT2D eigenvalue weighted by Crippen LogP contribution is -2.28. The lowest BCUT2D eigenvalue weighted by molar-refractivity contribution is -0.135. The van der Waals surface area contributed by atoms with Crippen LogP contribution in [-0.4, -0.2) is 19.1 Å². The molecule has 15 heavy (non-hydrogen) atoms. The first-order valence-corrected chi connectivity index (χ1v) is 4.82. The van der Waals surface area contributed by atoms with E-state index < -0.39 is 0 Å². The van der Waals surface area contributed by atoms with Crippen molar-refractivity contribution in [3.63, 3.8) is 0 Å². The fourth-order valence-electron chi connectivity index (χ4n) is 1.04. The van der Waals surface area contributed by atoms with Crippen molar-refractivity contribution in [3.8, 4) is 5.75 Å². The lowest BCUT2D eigenvalue weighted by Gasteiger charge is -2.06. The summed E-state index contributed by atoms with van der Waals surface area (Å²) in [7, 11) is 0. The minimum atomic E-state index is -0.293. The van der Waals surface area contributed by atoms with Crippen molar-refractivity contribution in [1.29, 1.82) is 0 Å². The van der Waals surface area contributed by atoms with E-state index in [-0.39, 0.29) is 12.5 Å². The highest BCUT2D eigenvalue weighted by Gasteiger charge is 2.01. The maximum Gasteiger partial charge on any atom is 0.281 e. The molecule has 0 fully saturated rings. The number of ether oxygens (including phenoxy) is 1. The number of benzene rings is 1. The third kappa shape index (κ3) is 4.46. The Labute approximate surface area is 89.1 Å². The molecule has 1 rings (SSSR count). The summed E-state index contributed by atoms with van der Waals surface area (Å²) in [6.45, 7) is 4.16. The molecule has 0 atom stereocenters. The van der Waals surface area contributed by atoms with Gasteiger partial charge in [-0.3, -0.25) is 9.63 Å². The minimum Gasteiger partial charge on any atom is -0.484 e. The predicted octanol–water partition coefficient (Wildman–Crippen LogP) is 1.44. The Kier molecular flexibility index (Phi) is 4.63. The van der Waals surface area contributed by atoms with Crippen LogP contribution in [0.15, 0.2) is 24.3 Å². The first kappa shape index (κ1) is 11.5. The Morgan fingerprint density at radius 3 is 2.93 bits per heavy atom. The average molecular weight is 209 g/mol. The topological polar surface area (TPSA) is 47.6 Å². The summed E-state index contributed by atoms with van der Waals surface area (Å²) in [5, 5.41) is 0. The second kappa shape index (κ2) is 6.03. The quantitative estimate of drug-likeness (QED) is 0.746. The molecule has 1 amide bonds. The summed E-state index contributed by atoms with van der Waals surface area (Å²) in [4.78, 5) is 15.8. The predicted molar refractivity (Wildman–Crippen MR) is 56.4 cm³/mol. The number of aryl methyl sites for hydroxylation is 1. The van der Waals surface area contributed by atoms with Crippen LogP contribution in [0.2, 0.25) is 0 Å². The van der Waals surface area contributed by atoms with Gasteiger partial charge in [-0.05, 0) is 31.5 Å². The fourth-order valence-corrected chi connectivity index (χ4v) is 1.04. The third-order valence-corrected chi connectivity index (χ3v) is 1.69. The van der Waals surface area contributed by atoms with Crippen LogP contribution in [0.5, 0.6) is 5.75 Å². The van der Waals surface area contributed by atoms with Gasteiger partial charge in [-0.25, -0.2) is 5.48 Å². The number of rotatable bonds is 5. The van der Waals surface area contributed by atoms with Crippen LogP contribution in [-0.2, 0) is 9.63 Å². The van der Waals surface area contributed by atoms with Gasteiger partial charge in [0.25, 0.3) is 5.91 Å². The molecule has 4 nitrogen and oxygen atoms in total. The van der Waals surface area contributed by atoms with Crippen LogP contribution < -0.4 is 10.2 Å². The number of hydrogen-bond donors (Lipinski definition) is 1. The number of carbonyl (C=O) groups is 1. The molecule has 1 aromatic rings. The van der Waals surface area contributed by atoms with Crippen LogP contribution in [0.25, 0.3) is 0 Å². The van der Waals surface area contributed by atoms with Gasteiger partial charge >= 0.3 is 0 Å². The maximum absolute atomic E-state index is 11.1. The standard InChI is InChI=1S/C11H15NO3/c1-3-15-12-11(13)8-14-10-6-4-5-9(2)7-10/h4-7H,3,8H2,1-2H3,(H,12,13). The van der Waals surface area contributed by atoms with Gasteiger partial charge in [-0.1, -0.05) is 12.1 Å². The van der Waals surface area contributed by atoms with E-state index in [4.69, 9.17) is 9.57 Å². The van der Waals surface area contributed by atoms with Gasteiger partial charge in [0.15, 0.2) is 6.61 Å². The van der Waals surface area contributed by atoms with Crippen molar-refractivity contribution in [2.45, 2.75) is 13.8 Å². The minimum absolute atomic E-state index is 0.0382. The van der Waals surface area contributed by atoms with Crippen LogP contribution in [0.1, 0.15) is 12.5 Å². The van der Waals surface area contributed by atoms with Gasteiger partial charge in [0.05, 0.1) is 6.61 Å². The largest absolute Gasteiger partial charge is 0.484 e. The van der Waals surface area contributed by atoms with Crippen molar-refractivity contribution in [1.82, 2.24) is 5.48 Å². The summed E-state index contributed by atoms with van der Waals surface area (Å²) in [6.07, 6.45) is 0. The van der Waals surface area contributed by atoms with E-state index in [0.717, 1.165) is 5.56 Å². The van der Waals surface area contributed by atoms with Gasteiger partial charge in [-0.2, -0.15) is 0 Å². The zero-order valence-electron chi connectivity index (χ0n) is 8.95. The molecule has 0 spiro atoms. The fraction of sp³-hybridized carbons (Fsp3) is 0.364. The Morgan fingerprint density at radius 2 is 2.27 bits per heavy atom. The molecule has 0 aliphatic carbocycles. The summed E-state index contributed by atoms with van der Waals surface area (Å²) >= 11 is 0. The zero-order valence-corrected chi connectivity index (χ0v) is 8.95. The first-order valence-electron chi connectivity index (χ1n) is 4.82. The van der Waals surface area contributed by atoms with Gasteiger partial charge in [0.1, 0.15) is 5.75 Å².